The van der Waals surface area contributed by atoms with Crippen molar-refractivity contribution >= 4 is 6.41 Å². The highest BCUT2D eigenvalue weighted by Crippen LogP contribution is 1.92. The molecule has 9 heavy (non-hydrogen) atoms. The summed E-state index contributed by atoms with van der Waals surface area (Å²) in [6.45, 7) is 2.73. The zero-order valence-electron chi connectivity index (χ0n) is 5.76. The summed E-state index contributed by atoms with van der Waals surface area (Å²) in [4.78, 5) is 9.77. The van der Waals surface area contributed by atoms with E-state index in [2.05, 4.69) is 6.92 Å². The van der Waals surface area contributed by atoms with Crippen molar-refractivity contribution < 1.29 is 4.79 Å². The van der Waals surface area contributed by atoms with Crippen LogP contribution in [0.1, 0.15) is 26.2 Å². The van der Waals surface area contributed by atoms with Gasteiger partial charge in [0, 0.05) is 6.54 Å². The first-order valence-corrected chi connectivity index (χ1v) is 3.21. The molecule has 0 saturated heterocycles. The van der Waals surface area contributed by atoms with Gasteiger partial charge >= 0.3 is 6.41 Å². The van der Waals surface area contributed by atoms with Crippen molar-refractivity contribution in [2.24, 2.45) is 5.84 Å². The van der Waals surface area contributed by atoms with Crippen LogP contribution in [0, 0.1) is 0 Å². The smallest absolute Gasteiger partial charge is 0.272 e. The average molecular weight is 129 g/mol. The summed E-state index contributed by atoms with van der Waals surface area (Å²) in [6.07, 6.45) is 4.83. The fourth-order valence-electron chi connectivity index (χ4n) is 0.578. The van der Waals surface area contributed by atoms with Crippen LogP contribution in [0.4, 0.5) is 0 Å². The van der Waals surface area contributed by atoms with Crippen LogP contribution in [0.2, 0.25) is 0 Å². The molecular weight excluding hydrogens is 116 g/mol. The van der Waals surface area contributed by atoms with Gasteiger partial charge in [-0.1, -0.05) is 19.8 Å². The lowest BCUT2D eigenvalue weighted by Crippen LogP contribution is -2.30. The Bertz CT molecular complexity index is 75.5. The molecule has 1 amide bonds. The van der Waals surface area contributed by atoms with Gasteiger partial charge in [-0.2, -0.15) is 0 Å². The highest BCUT2D eigenvalue weighted by atomic mass is 16.1. The van der Waals surface area contributed by atoms with E-state index in [0.717, 1.165) is 24.3 Å². The Balaban J connectivity index is 2.96. The molecule has 1 radical (unpaired) electrons. The molecule has 0 heterocycles. The maximum Gasteiger partial charge on any atom is 0.327 e. The monoisotopic (exact) mass is 129 g/mol. The first-order chi connectivity index (χ1) is 4.31. The molecular formula is C6H13N2O. The second-order valence-electron chi connectivity index (χ2n) is 1.99. The Morgan fingerprint density at radius 3 is 2.67 bits per heavy atom. The van der Waals surface area contributed by atoms with Crippen LogP contribution < -0.4 is 5.84 Å². The summed E-state index contributed by atoms with van der Waals surface area (Å²) in [5.74, 6) is 5.12. The minimum Gasteiger partial charge on any atom is -0.272 e. The summed E-state index contributed by atoms with van der Waals surface area (Å²) < 4.78 is 0. The van der Waals surface area contributed by atoms with Gasteiger partial charge in [-0.05, 0) is 6.42 Å². The lowest BCUT2D eigenvalue weighted by atomic mass is 10.2. The molecule has 0 aliphatic rings. The number of hydrogen-bond acceptors (Lipinski definition) is 2. The van der Waals surface area contributed by atoms with Crippen LogP contribution in [-0.4, -0.2) is 18.0 Å². The summed E-state index contributed by atoms with van der Waals surface area (Å²) in [6, 6.07) is 0. The third kappa shape index (κ3) is 5.30. The number of hydrazine groups is 1. The molecule has 53 valence electrons. The molecule has 0 fully saturated rings. The zero-order chi connectivity index (χ0) is 7.11. The maximum absolute atomic E-state index is 9.77. The van der Waals surface area contributed by atoms with Crippen LogP contribution in [-0.2, 0) is 4.79 Å². The molecule has 0 aliphatic carbocycles. The average Bonchev–Trinajstić information content (AvgIpc) is 1.89. The molecule has 0 rings (SSSR count). The first-order valence-electron chi connectivity index (χ1n) is 3.21. The summed E-state index contributed by atoms with van der Waals surface area (Å²) >= 11 is 0. The van der Waals surface area contributed by atoms with Crippen LogP contribution in [0.3, 0.4) is 0 Å². The fourth-order valence-corrected chi connectivity index (χ4v) is 0.578. The molecule has 0 aromatic carbocycles. The van der Waals surface area contributed by atoms with Crippen molar-refractivity contribution in [3.05, 3.63) is 0 Å². The third-order valence-electron chi connectivity index (χ3n) is 1.12. The van der Waals surface area contributed by atoms with E-state index in [9.17, 15) is 4.79 Å². The van der Waals surface area contributed by atoms with Gasteiger partial charge in [0.25, 0.3) is 0 Å². The van der Waals surface area contributed by atoms with Crippen LogP contribution in [0.25, 0.3) is 0 Å². The predicted octanol–water partition coefficient (Wildman–Crippen LogP) is 0.420. The Hall–Kier alpha value is -0.570. The summed E-state index contributed by atoms with van der Waals surface area (Å²) in [5, 5.41) is 1.05. The lowest BCUT2D eigenvalue weighted by Gasteiger charge is -2.06. The predicted molar refractivity (Wildman–Crippen MR) is 36.1 cm³/mol. The molecule has 3 nitrogen and oxygen atoms in total. The Morgan fingerprint density at radius 2 is 2.22 bits per heavy atom. The van der Waals surface area contributed by atoms with E-state index in [1.165, 1.54) is 0 Å². The molecule has 0 unspecified atom stereocenters. The van der Waals surface area contributed by atoms with Gasteiger partial charge in [-0.15, -0.1) is 0 Å². The van der Waals surface area contributed by atoms with Gasteiger partial charge in [0.15, 0.2) is 0 Å². The maximum atomic E-state index is 9.77. The Kier molecular flexibility index (Phi) is 5.21. The third-order valence-corrected chi connectivity index (χ3v) is 1.12. The van der Waals surface area contributed by atoms with E-state index >= 15 is 0 Å². The van der Waals surface area contributed by atoms with Gasteiger partial charge < -0.3 is 0 Å². The van der Waals surface area contributed by atoms with Crippen molar-refractivity contribution in [1.82, 2.24) is 5.01 Å². The molecule has 3 heteroatoms. The van der Waals surface area contributed by atoms with Gasteiger partial charge in [-0.25, -0.2) is 5.84 Å². The van der Waals surface area contributed by atoms with Crippen molar-refractivity contribution in [3.8, 4) is 0 Å². The molecule has 0 aromatic rings. The first kappa shape index (κ1) is 8.43. The number of nitrogens with zero attached hydrogens (tertiary/aromatic N) is 1. The minimum atomic E-state index is 0.622. The second-order valence-corrected chi connectivity index (χ2v) is 1.99. The van der Waals surface area contributed by atoms with Crippen molar-refractivity contribution in [2.75, 3.05) is 6.54 Å². The van der Waals surface area contributed by atoms with Crippen LogP contribution in [0.5, 0.6) is 0 Å². The van der Waals surface area contributed by atoms with E-state index in [1.807, 2.05) is 0 Å². The minimum absolute atomic E-state index is 0.622. The normalized spacial score (nSPS) is 9.11. The second kappa shape index (κ2) is 5.56. The standard InChI is InChI=1S/C6H13N2O/c1-2-3-4-5-8(7)6-9/h2-5,7H2,1H3. The molecule has 0 saturated carbocycles. The lowest BCUT2D eigenvalue weighted by molar-refractivity contribution is 0.382. The number of carbonyl (C=O) groups excluding carboxylic acids is 1. The molecule has 2 N–H and O–H groups in total. The largest absolute Gasteiger partial charge is 0.327 e. The van der Waals surface area contributed by atoms with E-state index in [0.29, 0.717) is 6.54 Å². The van der Waals surface area contributed by atoms with E-state index in [-0.39, 0.29) is 0 Å². The van der Waals surface area contributed by atoms with Gasteiger partial charge in [-0.3, -0.25) is 9.80 Å². The molecule has 0 atom stereocenters. The SMILES string of the molecule is CCCCCN(N)[C]=O. The summed E-state index contributed by atoms with van der Waals surface area (Å²) in [7, 11) is 0. The quantitative estimate of drug-likeness (QED) is 0.192. The number of unbranched alkanes of at least 4 members (excludes halogenated alkanes) is 2. The fraction of sp³-hybridized carbons (Fsp3) is 0.833. The van der Waals surface area contributed by atoms with Crippen molar-refractivity contribution in [2.45, 2.75) is 26.2 Å². The molecule has 0 bridgehead atoms. The van der Waals surface area contributed by atoms with Crippen molar-refractivity contribution in [1.29, 1.82) is 0 Å². The topological polar surface area (TPSA) is 46.3 Å². The Morgan fingerprint density at radius 1 is 1.56 bits per heavy atom. The van der Waals surface area contributed by atoms with Gasteiger partial charge in [0.2, 0.25) is 0 Å². The summed E-state index contributed by atoms with van der Waals surface area (Å²) in [5.41, 5.74) is 0. The van der Waals surface area contributed by atoms with E-state index in [4.69, 9.17) is 5.84 Å². The molecule has 0 aliphatic heterocycles. The zero-order valence-corrected chi connectivity index (χ0v) is 5.76. The molecule has 0 aromatic heterocycles. The van der Waals surface area contributed by atoms with Gasteiger partial charge in [0.1, 0.15) is 0 Å². The van der Waals surface area contributed by atoms with Crippen LogP contribution >= 0.6 is 0 Å². The Labute approximate surface area is 55.8 Å². The number of nitrogens with two attached hydrogens (primary N) is 1. The van der Waals surface area contributed by atoms with Gasteiger partial charge in [0.05, 0.1) is 0 Å². The number of hydrogen-bond donors (Lipinski definition) is 1. The van der Waals surface area contributed by atoms with E-state index < -0.39 is 0 Å². The number of amides is 1. The highest BCUT2D eigenvalue weighted by Gasteiger charge is 1.92. The number of rotatable bonds is 5. The highest BCUT2D eigenvalue weighted by molar-refractivity contribution is 5.46. The van der Waals surface area contributed by atoms with Crippen LogP contribution in [0.15, 0.2) is 0 Å². The van der Waals surface area contributed by atoms with E-state index in [1.54, 1.807) is 6.41 Å². The molecule has 0 spiro atoms. The van der Waals surface area contributed by atoms with Crippen molar-refractivity contribution in [3.63, 3.8) is 0 Å².